The van der Waals surface area contributed by atoms with Gasteiger partial charge in [-0.3, -0.25) is 9.59 Å². The largest absolute Gasteiger partial charge is 0.309 e. The Kier molecular flexibility index (Phi) is 7.00. The summed E-state index contributed by atoms with van der Waals surface area (Å²) in [5.74, 6) is -0.211. The van der Waals surface area contributed by atoms with Crippen molar-refractivity contribution in [2.24, 2.45) is 0 Å². The molecule has 2 amide bonds. The van der Waals surface area contributed by atoms with E-state index >= 15 is 0 Å². The average molecular weight is 493 g/mol. The smallest absolute Gasteiger partial charge is 0.244 e. The number of hydrogen-bond acceptors (Lipinski definition) is 5. The molecule has 1 aliphatic rings. The molecule has 2 atom stereocenters. The third-order valence-electron chi connectivity index (χ3n) is 6.06. The van der Waals surface area contributed by atoms with Gasteiger partial charge in [0.1, 0.15) is 11.9 Å². The molecule has 0 unspecified atom stereocenters. The molecule has 0 bridgehead atoms. The Balaban J connectivity index is 1.62. The number of amides is 2. The molecule has 35 heavy (non-hydrogen) atoms. The Morgan fingerprint density at radius 3 is 2.54 bits per heavy atom. The van der Waals surface area contributed by atoms with E-state index in [2.05, 4.69) is 15.0 Å². The maximum Gasteiger partial charge on any atom is 0.244 e. The summed E-state index contributed by atoms with van der Waals surface area (Å²) in [6.07, 6.45) is 2.29. The van der Waals surface area contributed by atoms with E-state index in [-0.39, 0.29) is 23.3 Å². The number of nitrogens with one attached hydrogen (secondary N) is 2. The van der Waals surface area contributed by atoms with Gasteiger partial charge in [-0.05, 0) is 67.6 Å². The molecule has 1 aromatic heterocycles. The van der Waals surface area contributed by atoms with Crippen molar-refractivity contribution in [2.75, 3.05) is 10.2 Å². The monoisotopic (exact) mass is 492 g/mol. The van der Waals surface area contributed by atoms with Crippen molar-refractivity contribution in [1.29, 1.82) is 0 Å². The molecular weight excluding hydrogens is 464 g/mol. The Hall–Kier alpha value is -3.56. The molecule has 0 saturated heterocycles. The molecule has 0 fully saturated rings. The second kappa shape index (κ2) is 9.97. The van der Waals surface area contributed by atoms with Gasteiger partial charge < -0.3 is 10.2 Å². The van der Waals surface area contributed by atoms with Gasteiger partial charge in [0.05, 0.1) is 4.90 Å². The van der Waals surface area contributed by atoms with Crippen molar-refractivity contribution in [3.63, 3.8) is 0 Å². The van der Waals surface area contributed by atoms with Gasteiger partial charge in [-0.1, -0.05) is 36.4 Å². The number of anilines is 2. The average Bonchev–Trinajstić information content (AvgIpc) is 3.15. The van der Waals surface area contributed by atoms with Gasteiger partial charge in [-0.15, -0.1) is 0 Å². The first-order valence-corrected chi connectivity index (χ1v) is 12.9. The van der Waals surface area contributed by atoms with Crippen LogP contribution in [-0.2, 0) is 32.5 Å². The second-order valence-corrected chi connectivity index (χ2v) is 10.5. The highest BCUT2D eigenvalue weighted by atomic mass is 32.2. The van der Waals surface area contributed by atoms with E-state index in [9.17, 15) is 18.0 Å². The first-order chi connectivity index (χ1) is 16.7. The zero-order valence-electron chi connectivity index (χ0n) is 19.9. The molecule has 182 valence electrons. The van der Waals surface area contributed by atoms with E-state index in [4.69, 9.17) is 0 Å². The van der Waals surface area contributed by atoms with Gasteiger partial charge in [-0.2, -0.15) is 4.72 Å². The normalized spacial score (nSPS) is 16.0. The number of carbonyl (C=O) groups excluding carboxylic acids is 2. The quantitative estimate of drug-likeness (QED) is 0.527. The fraction of sp³-hybridized carbons (Fsp3) is 0.269. The van der Waals surface area contributed by atoms with Crippen LogP contribution in [0.25, 0.3) is 0 Å². The summed E-state index contributed by atoms with van der Waals surface area (Å²) in [4.78, 5) is 31.1. The molecule has 0 saturated carbocycles. The van der Waals surface area contributed by atoms with E-state index in [1.165, 1.54) is 13.0 Å². The fourth-order valence-electron chi connectivity index (χ4n) is 4.37. The first kappa shape index (κ1) is 24.6. The lowest BCUT2D eigenvalue weighted by molar-refractivity contribution is -0.118. The zero-order valence-corrected chi connectivity index (χ0v) is 20.7. The van der Waals surface area contributed by atoms with Crippen molar-refractivity contribution in [1.82, 2.24) is 9.71 Å². The molecule has 2 heterocycles. The zero-order chi connectivity index (χ0) is 25.2. The van der Waals surface area contributed by atoms with Crippen LogP contribution < -0.4 is 14.9 Å². The lowest BCUT2D eigenvalue weighted by atomic mass is 10.1. The van der Waals surface area contributed by atoms with E-state index in [1.807, 2.05) is 50.2 Å². The van der Waals surface area contributed by atoms with Gasteiger partial charge in [0.25, 0.3) is 0 Å². The van der Waals surface area contributed by atoms with Crippen LogP contribution in [0, 0.1) is 6.92 Å². The summed E-state index contributed by atoms with van der Waals surface area (Å²) in [6, 6.07) is 16.4. The maximum atomic E-state index is 13.4. The molecule has 9 heteroatoms. The van der Waals surface area contributed by atoms with Crippen LogP contribution >= 0.6 is 0 Å². The van der Waals surface area contributed by atoms with Gasteiger partial charge >= 0.3 is 0 Å². The number of benzene rings is 2. The molecule has 0 spiro atoms. The minimum atomic E-state index is -4.04. The molecule has 3 aromatic rings. The van der Waals surface area contributed by atoms with Gasteiger partial charge in [0.15, 0.2) is 0 Å². The lowest BCUT2D eigenvalue weighted by Crippen LogP contribution is -2.45. The van der Waals surface area contributed by atoms with Crippen molar-refractivity contribution in [3.8, 4) is 0 Å². The van der Waals surface area contributed by atoms with Crippen LogP contribution in [0.15, 0.2) is 71.8 Å². The predicted molar refractivity (Wildman–Crippen MR) is 135 cm³/mol. The number of rotatable bonds is 7. The molecule has 1 aliphatic heterocycles. The molecule has 0 radical (unpaired) electrons. The fourth-order valence-corrected chi connectivity index (χ4v) is 5.61. The summed E-state index contributed by atoms with van der Waals surface area (Å²) in [7, 11) is -4.04. The van der Waals surface area contributed by atoms with Crippen molar-refractivity contribution >= 4 is 33.3 Å². The minimum absolute atomic E-state index is 0.0494. The van der Waals surface area contributed by atoms with Gasteiger partial charge in [0, 0.05) is 24.8 Å². The highest BCUT2D eigenvalue weighted by molar-refractivity contribution is 7.89. The summed E-state index contributed by atoms with van der Waals surface area (Å²) in [6.45, 7) is 5.23. The van der Waals surface area contributed by atoms with Gasteiger partial charge in [0.2, 0.25) is 21.8 Å². The number of fused-ring (bicyclic) bond motifs is 1. The number of pyridine rings is 1. The lowest BCUT2D eigenvalue weighted by Gasteiger charge is -2.21. The topological polar surface area (TPSA) is 108 Å². The molecule has 0 aliphatic carbocycles. The third-order valence-corrected chi connectivity index (χ3v) is 7.53. The summed E-state index contributed by atoms with van der Waals surface area (Å²) >= 11 is 0. The molecule has 2 aromatic carbocycles. The van der Waals surface area contributed by atoms with Crippen molar-refractivity contribution < 1.29 is 18.0 Å². The van der Waals surface area contributed by atoms with Gasteiger partial charge in [-0.25, -0.2) is 13.4 Å². The predicted octanol–water partition coefficient (Wildman–Crippen LogP) is 3.22. The summed E-state index contributed by atoms with van der Waals surface area (Å²) < 4.78 is 29.3. The second-order valence-electron chi connectivity index (χ2n) is 8.75. The SMILES string of the molecule is CC(=O)N1c2ccc(S(=O)(=O)N[C@H](Cc3ccccc3)C(=O)Nc3ncccc3C)cc2C[C@H]1C. The standard InChI is InChI=1S/C26H28N4O4S/c1-17-8-7-13-27-25(17)28-26(32)23(15-20-9-5-4-6-10-20)29-35(33,34)22-11-12-24-21(16-22)14-18(2)30(24)19(3)31/h4-13,16,18,23,29H,14-15H2,1-3H3,(H,27,28,32)/t18-,23-/m1/s1. The van der Waals surface area contributed by atoms with Crippen molar-refractivity contribution in [3.05, 3.63) is 83.6 Å². The number of hydrogen-bond donors (Lipinski definition) is 2. The van der Waals surface area contributed by atoms with Crippen LogP contribution in [0.5, 0.6) is 0 Å². The Bertz CT molecular complexity index is 1360. The Morgan fingerprint density at radius 1 is 1.11 bits per heavy atom. The van der Waals surface area contributed by atoms with E-state index in [0.717, 1.165) is 16.7 Å². The summed E-state index contributed by atoms with van der Waals surface area (Å²) in [5, 5.41) is 2.75. The Morgan fingerprint density at radius 2 is 1.86 bits per heavy atom. The summed E-state index contributed by atoms with van der Waals surface area (Å²) in [5.41, 5.74) is 3.08. The molecular formula is C26H28N4O4S. The number of aryl methyl sites for hydroxylation is 1. The highest BCUT2D eigenvalue weighted by Gasteiger charge is 2.32. The van der Waals surface area contributed by atoms with E-state index in [1.54, 1.807) is 29.3 Å². The number of aromatic nitrogens is 1. The maximum absolute atomic E-state index is 13.4. The van der Waals surface area contributed by atoms with Crippen LogP contribution in [0.1, 0.15) is 30.5 Å². The van der Waals surface area contributed by atoms with Crippen LogP contribution in [0.4, 0.5) is 11.5 Å². The highest BCUT2D eigenvalue weighted by Crippen LogP contribution is 2.34. The van der Waals surface area contributed by atoms with E-state index < -0.39 is 22.0 Å². The number of nitrogens with zero attached hydrogens (tertiary/aromatic N) is 2. The molecule has 2 N–H and O–H groups in total. The first-order valence-electron chi connectivity index (χ1n) is 11.4. The van der Waals surface area contributed by atoms with Crippen LogP contribution in [-0.4, -0.2) is 37.3 Å². The van der Waals surface area contributed by atoms with Crippen LogP contribution in [0.2, 0.25) is 0 Å². The third kappa shape index (κ3) is 5.41. The number of carbonyl (C=O) groups is 2. The van der Waals surface area contributed by atoms with Crippen molar-refractivity contribution in [2.45, 2.75) is 50.6 Å². The Labute approximate surface area is 205 Å². The van der Waals surface area contributed by atoms with E-state index in [0.29, 0.717) is 17.9 Å². The minimum Gasteiger partial charge on any atom is -0.309 e. The molecule has 8 nitrogen and oxygen atoms in total. The number of sulfonamides is 1. The molecule has 4 rings (SSSR count). The van der Waals surface area contributed by atoms with Crippen LogP contribution in [0.3, 0.4) is 0 Å².